The zero-order valence-corrected chi connectivity index (χ0v) is 12.8. The van der Waals surface area contributed by atoms with Crippen molar-refractivity contribution in [1.82, 2.24) is 4.90 Å². The van der Waals surface area contributed by atoms with Crippen LogP contribution in [0.4, 0.5) is 5.69 Å². The molecule has 1 aromatic carbocycles. The zero-order chi connectivity index (χ0) is 14.9. The van der Waals surface area contributed by atoms with E-state index < -0.39 is 4.92 Å². The summed E-state index contributed by atoms with van der Waals surface area (Å²) in [6, 6.07) is 4.47. The van der Waals surface area contributed by atoms with Crippen LogP contribution in [0.1, 0.15) is 24.2 Å². The van der Waals surface area contributed by atoms with Crippen LogP contribution in [0.5, 0.6) is 0 Å². The van der Waals surface area contributed by atoms with E-state index in [-0.39, 0.29) is 28.3 Å². The van der Waals surface area contributed by atoms with Gasteiger partial charge in [-0.2, -0.15) is 0 Å². The van der Waals surface area contributed by atoms with Crippen LogP contribution < -0.4 is 0 Å². The molecule has 108 valence electrons. The fourth-order valence-corrected chi connectivity index (χ4v) is 2.92. The standard InChI is InChI=1S/C13H15BrN2O4/c1-8-6-15(7-9(2)20-8)13(17)10-4-3-5-11(12(10)14)16(18)19/h3-5,8-9H,6-7H2,1-2H3/t8-,9+. The highest BCUT2D eigenvalue weighted by Crippen LogP contribution is 2.29. The van der Waals surface area contributed by atoms with Crippen LogP contribution in [0.2, 0.25) is 0 Å². The SMILES string of the molecule is C[C@@H]1CN(C(=O)c2cccc([N+](=O)[O-])c2Br)C[C@H](C)O1. The summed E-state index contributed by atoms with van der Waals surface area (Å²) in [5.41, 5.74) is 0.200. The van der Waals surface area contributed by atoms with Gasteiger partial charge in [0.25, 0.3) is 11.6 Å². The van der Waals surface area contributed by atoms with Gasteiger partial charge < -0.3 is 9.64 Å². The molecule has 20 heavy (non-hydrogen) atoms. The molecule has 2 atom stereocenters. The highest BCUT2D eigenvalue weighted by Gasteiger charge is 2.29. The van der Waals surface area contributed by atoms with Crippen LogP contribution >= 0.6 is 15.9 Å². The first kappa shape index (κ1) is 14.9. The van der Waals surface area contributed by atoms with Crippen molar-refractivity contribution < 1.29 is 14.5 Å². The number of benzene rings is 1. The molecule has 6 nitrogen and oxygen atoms in total. The number of rotatable bonds is 2. The largest absolute Gasteiger partial charge is 0.372 e. The van der Waals surface area contributed by atoms with Crippen molar-refractivity contribution in [2.24, 2.45) is 0 Å². The minimum atomic E-state index is -0.509. The van der Waals surface area contributed by atoms with Crippen LogP contribution in [0.25, 0.3) is 0 Å². The molecule has 1 fully saturated rings. The number of nitro groups is 1. The normalized spacial score (nSPS) is 22.6. The Labute approximate surface area is 125 Å². The van der Waals surface area contributed by atoms with E-state index in [9.17, 15) is 14.9 Å². The summed E-state index contributed by atoms with van der Waals surface area (Å²) in [6.45, 7) is 4.77. The molecule has 0 bridgehead atoms. The number of carbonyl (C=O) groups excluding carboxylic acids is 1. The first-order valence-corrected chi connectivity index (χ1v) is 7.07. The molecule has 1 aliphatic rings. The summed E-state index contributed by atoms with van der Waals surface area (Å²) in [5, 5.41) is 10.9. The van der Waals surface area contributed by atoms with Gasteiger partial charge in [-0.3, -0.25) is 14.9 Å². The van der Waals surface area contributed by atoms with Gasteiger partial charge in [0.15, 0.2) is 0 Å². The molecule has 0 aliphatic carbocycles. The monoisotopic (exact) mass is 342 g/mol. The average molecular weight is 343 g/mol. The zero-order valence-electron chi connectivity index (χ0n) is 11.2. The van der Waals surface area contributed by atoms with E-state index in [2.05, 4.69) is 15.9 Å². The van der Waals surface area contributed by atoms with Gasteiger partial charge in [0, 0.05) is 19.2 Å². The maximum Gasteiger partial charge on any atom is 0.284 e. The maximum atomic E-state index is 12.5. The number of hydrogen-bond acceptors (Lipinski definition) is 4. The topological polar surface area (TPSA) is 72.7 Å². The van der Waals surface area contributed by atoms with E-state index in [1.54, 1.807) is 11.0 Å². The fraction of sp³-hybridized carbons (Fsp3) is 0.462. The Morgan fingerprint density at radius 2 is 2.00 bits per heavy atom. The molecule has 0 aromatic heterocycles. The predicted molar refractivity (Wildman–Crippen MR) is 76.7 cm³/mol. The highest BCUT2D eigenvalue weighted by molar-refractivity contribution is 9.10. The lowest BCUT2D eigenvalue weighted by atomic mass is 10.1. The summed E-state index contributed by atoms with van der Waals surface area (Å²) in [7, 11) is 0. The molecule has 1 amide bonds. The Kier molecular flexibility index (Phi) is 4.39. The van der Waals surface area contributed by atoms with Gasteiger partial charge in [0.1, 0.15) is 4.47 Å². The Bertz CT molecular complexity index is 539. The van der Waals surface area contributed by atoms with Crippen molar-refractivity contribution in [2.75, 3.05) is 13.1 Å². The number of morpholine rings is 1. The van der Waals surface area contributed by atoms with Gasteiger partial charge in [0.2, 0.25) is 0 Å². The van der Waals surface area contributed by atoms with Crippen molar-refractivity contribution >= 4 is 27.5 Å². The summed E-state index contributed by atoms with van der Waals surface area (Å²) in [6.07, 6.45) is -0.0830. The minimum Gasteiger partial charge on any atom is -0.372 e. The predicted octanol–water partition coefficient (Wildman–Crippen LogP) is 2.61. The minimum absolute atomic E-state index is 0.0415. The number of amides is 1. The molecule has 0 spiro atoms. The number of hydrogen-bond donors (Lipinski definition) is 0. The van der Waals surface area contributed by atoms with Crippen molar-refractivity contribution in [3.8, 4) is 0 Å². The summed E-state index contributed by atoms with van der Waals surface area (Å²) < 4.78 is 5.80. The van der Waals surface area contributed by atoms with Gasteiger partial charge >= 0.3 is 0 Å². The van der Waals surface area contributed by atoms with E-state index in [1.807, 2.05) is 13.8 Å². The Morgan fingerprint density at radius 1 is 1.40 bits per heavy atom. The quantitative estimate of drug-likeness (QED) is 0.611. The van der Waals surface area contributed by atoms with Crippen LogP contribution in [0.15, 0.2) is 22.7 Å². The van der Waals surface area contributed by atoms with Crippen molar-refractivity contribution in [2.45, 2.75) is 26.1 Å². The summed E-state index contributed by atoms with van der Waals surface area (Å²) in [4.78, 5) is 24.6. The molecular formula is C13H15BrN2O4. The molecule has 0 saturated carbocycles. The molecule has 2 rings (SSSR count). The van der Waals surface area contributed by atoms with E-state index in [1.165, 1.54) is 12.1 Å². The number of nitro benzene ring substituents is 1. The third kappa shape index (κ3) is 2.99. The molecule has 7 heteroatoms. The van der Waals surface area contributed by atoms with Crippen LogP contribution in [0.3, 0.4) is 0 Å². The Balaban J connectivity index is 2.29. The van der Waals surface area contributed by atoms with Crippen molar-refractivity contribution in [1.29, 1.82) is 0 Å². The van der Waals surface area contributed by atoms with Gasteiger partial charge in [0.05, 0.1) is 22.7 Å². The van der Waals surface area contributed by atoms with Gasteiger partial charge in [-0.25, -0.2) is 0 Å². The third-order valence-electron chi connectivity index (χ3n) is 3.11. The first-order chi connectivity index (χ1) is 9.40. The van der Waals surface area contributed by atoms with E-state index in [0.29, 0.717) is 18.7 Å². The number of nitrogens with zero attached hydrogens (tertiary/aromatic N) is 2. The maximum absolute atomic E-state index is 12.5. The van der Waals surface area contributed by atoms with Gasteiger partial charge in [-0.05, 0) is 35.8 Å². The molecular weight excluding hydrogens is 328 g/mol. The lowest BCUT2D eigenvalue weighted by Gasteiger charge is -2.35. The van der Waals surface area contributed by atoms with E-state index >= 15 is 0 Å². The first-order valence-electron chi connectivity index (χ1n) is 6.27. The molecule has 1 aliphatic heterocycles. The number of carbonyl (C=O) groups is 1. The third-order valence-corrected chi connectivity index (χ3v) is 3.95. The molecule has 0 radical (unpaired) electrons. The highest BCUT2D eigenvalue weighted by atomic mass is 79.9. The van der Waals surface area contributed by atoms with Crippen molar-refractivity contribution in [3.05, 3.63) is 38.3 Å². The lowest BCUT2D eigenvalue weighted by Crippen LogP contribution is -2.48. The number of ether oxygens (including phenoxy) is 1. The second-order valence-electron chi connectivity index (χ2n) is 4.86. The van der Waals surface area contributed by atoms with Crippen molar-refractivity contribution in [3.63, 3.8) is 0 Å². The Hall–Kier alpha value is -1.47. The Morgan fingerprint density at radius 3 is 2.55 bits per heavy atom. The molecule has 0 unspecified atom stereocenters. The van der Waals surface area contributed by atoms with Gasteiger partial charge in [-0.15, -0.1) is 0 Å². The second-order valence-corrected chi connectivity index (χ2v) is 5.66. The van der Waals surface area contributed by atoms with E-state index in [0.717, 1.165) is 0 Å². The van der Waals surface area contributed by atoms with Crippen LogP contribution in [-0.2, 0) is 4.74 Å². The van der Waals surface area contributed by atoms with Crippen LogP contribution in [0, 0.1) is 10.1 Å². The fourth-order valence-electron chi connectivity index (χ4n) is 2.34. The van der Waals surface area contributed by atoms with Gasteiger partial charge in [-0.1, -0.05) is 6.07 Å². The smallest absolute Gasteiger partial charge is 0.284 e. The average Bonchev–Trinajstić information content (AvgIpc) is 2.36. The second kappa shape index (κ2) is 5.88. The number of halogens is 1. The lowest BCUT2D eigenvalue weighted by molar-refractivity contribution is -0.385. The van der Waals surface area contributed by atoms with E-state index in [4.69, 9.17) is 4.74 Å². The molecule has 0 N–H and O–H groups in total. The molecule has 1 saturated heterocycles. The molecule has 1 heterocycles. The van der Waals surface area contributed by atoms with Crippen LogP contribution in [-0.4, -0.2) is 41.0 Å². The summed E-state index contributed by atoms with van der Waals surface area (Å²) in [5.74, 6) is -0.220. The summed E-state index contributed by atoms with van der Waals surface area (Å²) >= 11 is 3.16. The molecule has 1 aromatic rings.